The smallest absolute Gasteiger partial charge is 0.229 e. The van der Waals surface area contributed by atoms with Crippen LogP contribution in [0.15, 0.2) is 42.6 Å². The molecule has 2 aromatic rings. The minimum absolute atomic E-state index is 0.112. The van der Waals surface area contributed by atoms with Crippen LogP contribution in [-0.4, -0.2) is 40.7 Å². The monoisotopic (exact) mass is 330 g/mol. The molecule has 2 heterocycles. The highest BCUT2D eigenvalue weighted by molar-refractivity contribution is 5.79. The van der Waals surface area contributed by atoms with E-state index >= 15 is 0 Å². The number of rotatable bonds is 4. The second kappa shape index (κ2) is 6.97. The number of carbonyl (C=O) groups is 1. The summed E-state index contributed by atoms with van der Waals surface area (Å²) >= 11 is 0. The zero-order valence-corrected chi connectivity index (χ0v) is 13.4. The summed E-state index contributed by atoms with van der Waals surface area (Å²) in [6.45, 7) is 0.275. The van der Waals surface area contributed by atoms with Gasteiger partial charge < -0.3 is 14.7 Å². The van der Waals surface area contributed by atoms with E-state index in [9.17, 15) is 14.3 Å². The molecule has 3 rings (SSSR count). The molecule has 1 aliphatic heterocycles. The van der Waals surface area contributed by atoms with Gasteiger partial charge in [-0.3, -0.25) is 9.78 Å². The number of carbonyl (C=O) groups excluding carboxylic acids is 1. The Morgan fingerprint density at radius 2 is 2.08 bits per heavy atom. The Bertz CT molecular complexity index is 703. The Morgan fingerprint density at radius 1 is 1.33 bits per heavy atom. The molecule has 1 amide bonds. The lowest BCUT2D eigenvalue weighted by Crippen LogP contribution is -2.33. The molecular weight excluding hydrogens is 311 g/mol. The molecule has 5 nitrogen and oxygen atoms in total. The first-order valence-corrected chi connectivity index (χ1v) is 7.78. The number of nitrogens with zero attached hydrogens (tertiary/aromatic N) is 2. The van der Waals surface area contributed by atoms with Gasteiger partial charge in [-0.05, 0) is 36.2 Å². The molecule has 6 heteroatoms. The summed E-state index contributed by atoms with van der Waals surface area (Å²) in [5, 5.41) is 9.97. The maximum atomic E-state index is 13.1. The van der Waals surface area contributed by atoms with Crippen LogP contribution in [-0.2, 0) is 11.2 Å². The fraction of sp³-hybridized carbons (Fsp3) is 0.333. The largest absolute Gasteiger partial charge is 0.495 e. The van der Waals surface area contributed by atoms with Crippen molar-refractivity contribution in [2.45, 2.75) is 25.0 Å². The van der Waals surface area contributed by atoms with Crippen molar-refractivity contribution >= 4 is 5.91 Å². The van der Waals surface area contributed by atoms with Gasteiger partial charge in [0, 0.05) is 12.2 Å². The first-order chi connectivity index (χ1) is 11.6. The average Bonchev–Trinajstić information content (AvgIpc) is 2.98. The van der Waals surface area contributed by atoms with Gasteiger partial charge in [-0.1, -0.05) is 12.1 Å². The number of likely N-dealkylation sites (tertiary alicyclic amines) is 1. The third-order valence-electron chi connectivity index (χ3n) is 4.22. The van der Waals surface area contributed by atoms with Crippen molar-refractivity contribution in [2.75, 3.05) is 13.7 Å². The number of benzene rings is 1. The highest BCUT2D eigenvalue weighted by Crippen LogP contribution is 2.32. The summed E-state index contributed by atoms with van der Waals surface area (Å²) in [4.78, 5) is 18.5. The van der Waals surface area contributed by atoms with Gasteiger partial charge >= 0.3 is 0 Å². The second-order valence-corrected chi connectivity index (χ2v) is 5.87. The van der Waals surface area contributed by atoms with Gasteiger partial charge in [-0.15, -0.1) is 0 Å². The Balaban J connectivity index is 1.75. The number of pyridine rings is 1. The summed E-state index contributed by atoms with van der Waals surface area (Å²) in [5.41, 5.74) is 1.46. The molecule has 2 atom stereocenters. The molecule has 1 saturated heterocycles. The van der Waals surface area contributed by atoms with Gasteiger partial charge in [0.25, 0.3) is 0 Å². The molecule has 0 saturated carbocycles. The van der Waals surface area contributed by atoms with Gasteiger partial charge in [0.05, 0.1) is 31.9 Å². The number of ether oxygens (including phenoxy) is 1. The van der Waals surface area contributed by atoms with Crippen LogP contribution in [0.5, 0.6) is 5.75 Å². The number of aliphatic hydroxyl groups excluding tert-OH is 1. The van der Waals surface area contributed by atoms with E-state index in [2.05, 4.69) is 4.98 Å². The van der Waals surface area contributed by atoms with Gasteiger partial charge in [0.15, 0.2) is 0 Å². The van der Waals surface area contributed by atoms with Crippen LogP contribution in [0.25, 0.3) is 0 Å². The highest BCUT2D eigenvalue weighted by Gasteiger charge is 2.35. The molecule has 0 spiro atoms. The van der Waals surface area contributed by atoms with Gasteiger partial charge in [-0.25, -0.2) is 4.39 Å². The molecule has 1 fully saturated rings. The lowest BCUT2D eigenvalue weighted by Gasteiger charge is -2.24. The van der Waals surface area contributed by atoms with Crippen LogP contribution in [0.2, 0.25) is 0 Å². The average molecular weight is 330 g/mol. The Hall–Kier alpha value is -2.47. The van der Waals surface area contributed by atoms with E-state index in [1.807, 2.05) is 0 Å². The molecule has 1 aromatic carbocycles. The predicted octanol–water partition coefficient (Wildman–Crippen LogP) is 2.11. The van der Waals surface area contributed by atoms with Crippen LogP contribution >= 0.6 is 0 Å². The summed E-state index contributed by atoms with van der Waals surface area (Å²) in [6.07, 6.45) is 1.59. The maximum absolute atomic E-state index is 13.1. The van der Waals surface area contributed by atoms with Gasteiger partial charge in [0.1, 0.15) is 11.6 Å². The van der Waals surface area contributed by atoms with E-state index in [1.165, 1.54) is 12.1 Å². The lowest BCUT2D eigenvalue weighted by atomic mass is 10.0. The Morgan fingerprint density at radius 3 is 2.71 bits per heavy atom. The van der Waals surface area contributed by atoms with Crippen LogP contribution in [0.3, 0.4) is 0 Å². The van der Waals surface area contributed by atoms with Crippen molar-refractivity contribution < 1.29 is 19.0 Å². The van der Waals surface area contributed by atoms with Crippen LogP contribution in [0.1, 0.15) is 23.7 Å². The van der Waals surface area contributed by atoms with Crippen molar-refractivity contribution in [3.63, 3.8) is 0 Å². The minimum atomic E-state index is -0.576. The molecule has 0 aliphatic carbocycles. The van der Waals surface area contributed by atoms with E-state index in [1.54, 1.807) is 42.5 Å². The topological polar surface area (TPSA) is 62.7 Å². The molecule has 1 N–H and O–H groups in total. The first-order valence-electron chi connectivity index (χ1n) is 7.78. The summed E-state index contributed by atoms with van der Waals surface area (Å²) in [6, 6.07) is 9.31. The predicted molar refractivity (Wildman–Crippen MR) is 86.0 cm³/mol. The van der Waals surface area contributed by atoms with Crippen LogP contribution in [0, 0.1) is 5.82 Å². The zero-order valence-electron chi connectivity index (χ0n) is 13.4. The summed E-state index contributed by atoms with van der Waals surface area (Å²) < 4.78 is 18.2. The highest BCUT2D eigenvalue weighted by atomic mass is 19.1. The van der Waals surface area contributed by atoms with E-state index in [4.69, 9.17) is 4.74 Å². The summed E-state index contributed by atoms with van der Waals surface area (Å²) in [7, 11) is 1.56. The number of amides is 1. The molecule has 1 aliphatic rings. The van der Waals surface area contributed by atoms with Crippen LogP contribution < -0.4 is 4.74 Å². The van der Waals surface area contributed by atoms with E-state index < -0.39 is 6.10 Å². The number of methoxy groups -OCH3 is 1. The quantitative estimate of drug-likeness (QED) is 0.933. The number of β-amino-alcohol motifs (C(OH)–C–C–N with tert-alkyl or cyclic N) is 1. The molecule has 24 heavy (non-hydrogen) atoms. The fourth-order valence-electron chi connectivity index (χ4n) is 2.98. The Labute approximate surface area is 139 Å². The summed E-state index contributed by atoms with van der Waals surface area (Å²) in [5.74, 6) is 0.197. The van der Waals surface area contributed by atoms with E-state index in [0.29, 0.717) is 17.9 Å². The third-order valence-corrected chi connectivity index (χ3v) is 4.22. The molecule has 0 bridgehead atoms. The second-order valence-electron chi connectivity index (χ2n) is 5.87. The number of hydrogen-bond acceptors (Lipinski definition) is 4. The maximum Gasteiger partial charge on any atom is 0.229 e. The molecular formula is C18H19FN2O3. The molecule has 126 valence electrons. The minimum Gasteiger partial charge on any atom is -0.495 e. The molecule has 1 aromatic heterocycles. The Kier molecular flexibility index (Phi) is 4.76. The molecule has 2 unspecified atom stereocenters. The third kappa shape index (κ3) is 3.54. The van der Waals surface area contributed by atoms with Crippen molar-refractivity contribution in [3.8, 4) is 5.75 Å². The number of halogens is 1. The van der Waals surface area contributed by atoms with E-state index in [-0.39, 0.29) is 30.7 Å². The van der Waals surface area contributed by atoms with Gasteiger partial charge in [0.2, 0.25) is 5.91 Å². The van der Waals surface area contributed by atoms with Crippen molar-refractivity contribution in [3.05, 3.63) is 59.7 Å². The number of aliphatic hydroxyl groups is 1. The lowest BCUT2D eigenvalue weighted by molar-refractivity contribution is -0.131. The SMILES string of the molecule is COc1ccc(CC(=O)N2CC(O)CC2c2ccc(F)cc2)nc1. The van der Waals surface area contributed by atoms with E-state index in [0.717, 1.165) is 5.56 Å². The first kappa shape index (κ1) is 16.4. The number of aromatic nitrogens is 1. The standard InChI is InChI=1S/C18H19FN2O3/c1-24-16-7-6-14(20-10-16)8-18(23)21-11-15(22)9-17(21)12-2-4-13(19)5-3-12/h2-7,10,15,17,22H,8-9,11H2,1H3. The molecule has 0 radical (unpaired) electrons. The van der Waals surface area contributed by atoms with Crippen molar-refractivity contribution in [1.82, 2.24) is 9.88 Å². The normalized spacial score (nSPS) is 20.2. The number of hydrogen-bond donors (Lipinski definition) is 1. The van der Waals surface area contributed by atoms with Crippen LogP contribution in [0.4, 0.5) is 4.39 Å². The zero-order chi connectivity index (χ0) is 17.1. The van der Waals surface area contributed by atoms with Crippen molar-refractivity contribution in [2.24, 2.45) is 0 Å². The van der Waals surface area contributed by atoms with Gasteiger partial charge in [-0.2, -0.15) is 0 Å². The fourth-order valence-corrected chi connectivity index (χ4v) is 2.98. The van der Waals surface area contributed by atoms with Crippen molar-refractivity contribution in [1.29, 1.82) is 0 Å².